The number of rotatable bonds is 0. The Morgan fingerprint density at radius 2 is 0.955 bits per heavy atom. The molecule has 0 radical (unpaired) electrons. The van der Waals surface area contributed by atoms with E-state index < -0.39 is 0 Å². The van der Waals surface area contributed by atoms with Crippen LogP contribution in [0.25, 0.3) is 21.9 Å². The van der Waals surface area contributed by atoms with Crippen molar-refractivity contribution in [3.63, 3.8) is 0 Å². The monoisotopic (exact) mass is 292 g/mol. The molecule has 0 amide bonds. The highest BCUT2D eigenvalue weighted by atomic mass is 16.3. The first kappa shape index (κ1) is 13.8. The summed E-state index contributed by atoms with van der Waals surface area (Å²) in [6.45, 7) is 0. The van der Waals surface area contributed by atoms with Crippen molar-refractivity contribution in [2.75, 3.05) is 0 Å². The zero-order valence-electron chi connectivity index (χ0n) is 11.6. The van der Waals surface area contributed by atoms with Crippen molar-refractivity contribution < 1.29 is 8.83 Å². The Morgan fingerprint density at radius 3 is 1.36 bits per heavy atom. The second-order valence-electron chi connectivity index (χ2n) is 4.56. The summed E-state index contributed by atoms with van der Waals surface area (Å²) in [5.41, 5.74) is 1.29. The van der Waals surface area contributed by atoms with Gasteiger partial charge in [0.25, 0.3) is 0 Å². The van der Waals surface area contributed by atoms with Crippen molar-refractivity contribution in [3.8, 4) is 0 Å². The van der Waals surface area contributed by atoms with Crippen LogP contribution >= 0.6 is 0 Å². The maximum atomic E-state index is 11.1. The van der Waals surface area contributed by atoms with Gasteiger partial charge in [-0.1, -0.05) is 24.3 Å². The third-order valence-electron chi connectivity index (χ3n) is 3.13. The summed E-state index contributed by atoms with van der Waals surface area (Å²) in [4.78, 5) is 22.2. The molecule has 0 aliphatic carbocycles. The Hall–Kier alpha value is -3.14. The van der Waals surface area contributed by atoms with Gasteiger partial charge in [0.05, 0.1) is 23.3 Å². The number of benzene rings is 2. The standard InChI is InChI=1S/2C9H6O2/c2*10-8-5-6-11-9-4-2-1-3-7(8)9/h2*1-6H. The first-order valence-corrected chi connectivity index (χ1v) is 6.69. The molecule has 0 atom stereocenters. The Bertz CT molecular complexity index is 932. The molecule has 0 unspecified atom stereocenters. The molecule has 2 heterocycles. The molecule has 2 aromatic heterocycles. The van der Waals surface area contributed by atoms with E-state index in [1.54, 1.807) is 24.3 Å². The Morgan fingerprint density at radius 1 is 0.545 bits per heavy atom. The van der Waals surface area contributed by atoms with E-state index >= 15 is 0 Å². The van der Waals surface area contributed by atoms with Gasteiger partial charge in [0, 0.05) is 12.1 Å². The van der Waals surface area contributed by atoms with E-state index in [2.05, 4.69) is 0 Å². The fourth-order valence-corrected chi connectivity index (χ4v) is 2.06. The van der Waals surface area contributed by atoms with Gasteiger partial charge in [-0.3, -0.25) is 9.59 Å². The van der Waals surface area contributed by atoms with Gasteiger partial charge in [-0.25, -0.2) is 0 Å². The van der Waals surface area contributed by atoms with Gasteiger partial charge in [0.2, 0.25) is 0 Å². The molecular formula is C18H12O4. The van der Waals surface area contributed by atoms with Crippen LogP contribution in [0, 0.1) is 0 Å². The Labute approximate surface area is 125 Å². The second kappa shape index (κ2) is 6.10. The maximum Gasteiger partial charge on any atom is 0.192 e. The van der Waals surface area contributed by atoms with Crippen LogP contribution in [-0.4, -0.2) is 0 Å². The molecule has 22 heavy (non-hydrogen) atoms. The van der Waals surface area contributed by atoms with Crippen molar-refractivity contribution in [1.82, 2.24) is 0 Å². The topological polar surface area (TPSA) is 60.4 Å². The van der Waals surface area contributed by atoms with E-state index in [9.17, 15) is 9.59 Å². The van der Waals surface area contributed by atoms with Crippen LogP contribution < -0.4 is 10.9 Å². The molecule has 0 bridgehead atoms. The van der Waals surface area contributed by atoms with Gasteiger partial charge in [-0.05, 0) is 24.3 Å². The van der Waals surface area contributed by atoms with Crippen LogP contribution in [-0.2, 0) is 0 Å². The predicted octanol–water partition coefficient (Wildman–Crippen LogP) is 3.59. The molecule has 4 aromatic rings. The Balaban J connectivity index is 0.000000131. The lowest BCUT2D eigenvalue weighted by atomic mass is 10.2. The normalized spacial score (nSPS) is 10.2. The smallest absolute Gasteiger partial charge is 0.192 e. The lowest BCUT2D eigenvalue weighted by molar-refractivity contribution is 0.602. The lowest BCUT2D eigenvalue weighted by Crippen LogP contribution is -1.96. The summed E-state index contributed by atoms with van der Waals surface area (Å²) >= 11 is 0. The minimum absolute atomic E-state index is 0.00634. The van der Waals surface area contributed by atoms with Crippen LogP contribution in [0.15, 0.2) is 91.6 Å². The van der Waals surface area contributed by atoms with Crippen LogP contribution in [0.3, 0.4) is 0 Å². The number of para-hydroxylation sites is 2. The van der Waals surface area contributed by atoms with E-state index in [1.807, 2.05) is 24.3 Å². The average molecular weight is 292 g/mol. The highest BCUT2D eigenvalue weighted by Gasteiger charge is 1.95. The number of fused-ring (bicyclic) bond motifs is 2. The highest BCUT2D eigenvalue weighted by molar-refractivity contribution is 5.76. The van der Waals surface area contributed by atoms with E-state index in [-0.39, 0.29) is 10.9 Å². The van der Waals surface area contributed by atoms with Gasteiger partial charge < -0.3 is 8.83 Å². The highest BCUT2D eigenvalue weighted by Crippen LogP contribution is 2.07. The summed E-state index contributed by atoms with van der Waals surface area (Å²) in [5.74, 6) is 0. The average Bonchev–Trinajstić information content (AvgIpc) is 2.57. The van der Waals surface area contributed by atoms with Crippen molar-refractivity contribution in [1.29, 1.82) is 0 Å². The van der Waals surface area contributed by atoms with Crippen LogP contribution in [0.2, 0.25) is 0 Å². The van der Waals surface area contributed by atoms with E-state index in [1.165, 1.54) is 24.7 Å². The molecule has 4 rings (SSSR count). The zero-order chi connectivity index (χ0) is 15.4. The van der Waals surface area contributed by atoms with Gasteiger partial charge in [-0.15, -0.1) is 0 Å². The lowest BCUT2D eigenvalue weighted by Gasteiger charge is -1.91. The number of hydrogen-bond donors (Lipinski definition) is 0. The third kappa shape index (κ3) is 2.81. The fourth-order valence-electron chi connectivity index (χ4n) is 2.06. The van der Waals surface area contributed by atoms with Crippen LogP contribution in [0.5, 0.6) is 0 Å². The second-order valence-corrected chi connectivity index (χ2v) is 4.56. The van der Waals surface area contributed by atoms with Crippen LogP contribution in [0.4, 0.5) is 0 Å². The molecule has 108 valence electrons. The first-order chi connectivity index (χ1) is 10.8. The van der Waals surface area contributed by atoms with Gasteiger partial charge in [0.15, 0.2) is 10.9 Å². The molecule has 4 heteroatoms. The first-order valence-electron chi connectivity index (χ1n) is 6.69. The van der Waals surface area contributed by atoms with Crippen molar-refractivity contribution in [2.24, 2.45) is 0 Å². The molecule has 2 aromatic carbocycles. The summed E-state index contributed by atoms with van der Waals surface area (Å²) in [6.07, 6.45) is 2.81. The van der Waals surface area contributed by atoms with Gasteiger partial charge >= 0.3 is 0 Å². The van der Waals surface area contributed by atoms with Gasteiger partial charge in [-0.2, -0.15) is 0 Å². The molecule has 0 aliphatic heterocycles. The van der Waals surface area contributed by atoms with E-state index in [4.69, 9.17) is 8.83 Å². The molecule has 0 saturated carbocycles. The molecule has 0 N–H and O–H groups in total. The van der Waals surface area contributed by atoms with E-state index in [0.717, 1.165) is 0 Å². The Kier molecular flexibility index (Phi) is 3.83. The minimum Gasteiger partial charge on any atom is -0.464 e. The van der Waals surface area contributed by atoms with Crippen LogP contribution in [0.1, 0.15) is 0 Å². The SMILES string of the molecule is O=c1ccoc2ccccc12.O=c1ccoc2ccccc12. The fraction of sp³-hybridized carbons (Fsp3) is 0. The molecule has 0 saturated heterocycles. The van der Waals surface area contributed by atoms with Crippen molar-refractivity contribution in [2.45, 2.75) is 0 Å². The minimum atomic E-state index is 0.00634. The maximum absolute atomic E-state index is 11.1. The van der Waals surface area contributed by atoms with E-state index in [0.29, 0.717) is 21.9 Å². The summed E-state index contributed by atoms with van der Waals surface area (Å²) in [5, 5.41) is 1.27. The largest absolute Gasteiger partial charge is 0.464 e. The van der Waals surface area contributed by atoms with Gasteiger partial charge in [0.1, 0.15) is 11.2 Å². The molecule has 0 fully saturated rings. The molecule has 4 nitrogen and oxygen atoms in total. The molecule has 0 spiro atoms. The predicted molar refractivity (Wildman–Crippen MR) is 85.0 cm³/mol. The quantitative estimate of drug-likeness (QED) is 0.497. The zero-order valence-corrected chi connectivity index (χ0v) is 11.6. The van der Waals surface area contributed by atoms with Crippen molar-refractivity contribution >= 4 is 21.9 Å². The summed E-state index contributed by atoms with van der Waals surface area (Å²) in [6, 6.07) is 17.2. The molecular weight excluding hydrogens is 280 g/mol. The third-order valence-corrected chi connectivity index (χ3v) is 3.13. The van der Waals surface area contributed by atoms with Crippen molar-refractivity contribution in [3.05, 3.63) is 93.6 Å². The molecule has 0 aliphatic rings. The summed E-state index contributed by atoms with van der Waals surface area (Å²) in [7, 11) is 0. The number of hydrogen-bond acceptors (Lipinski definition) is 4. The summed E-state index contributed by atoms with van der Waals surface area (Å²) < 4.78 is 10.2.